The zero-order chi connectivity index (χ0) is 28.9. The Kier molecular flexibility index (Phi) is 8.03. The molecule has 214 valence electrons. The first-order valence-electron chi connectivity index (χ1n) is 14.0. The summed E-state index contributed by atoms with van der Waals surface area (Å²) in [7, 11) is -2.25. The molecule has 8 nitrogen and oxygen atoms in total. The highest BCUT2D eigenvalue weighted by Crippen LogP contribution is 2.29. The van der Waals surface area contributed by atoms with Crippen molar-refractivity contribution in [3.05, 3.63) is 119 Å². The van der Waals surface area contributed by atoms with Gasteiger partial charge >= 0.3 is 0 Å². The summed E-state index contributed by atoms with van der Waals surface area (Å²) < 4.78 is 35.4. The molecular weight excluding hydrogens is 546 g/mol. The van der Waals surface area contributed by atoms with E-state index < -0.39 is 10.0 Å². The molecular formula is C33H33N5O3S. The lowest BCUT2D eigenvalue weighted by Gasteiger charge is -2.29. The predicted octanol–water partition coefficient (Wildman–Crippen LogP) is 5.65. The number of anilines is 2. The molecule has 9 heteroatoms. The van der Waals surface area contributed by atoms with Crippen LogP contribution in [0.2, 0.25) is 0 Å². The van der Waals surface area contributed by atoms with Gasteiger partial charge in [0.2, 0.25) is 5.95 Å². The number of aromatic nitrogens is 2. The summed E-state index contributed by atoms with van der Waals surface area (Å²) in [5, 5.41) is 5.15. The largest absolute Gasteiger partial charge is 0.497 e. The van der Waals surface area contributed by atoms with Crippen molar-refractivity contribution in [2.24, 2.45) is 0 Å². The molecule has 5 aromatic rings. The Morgan fingerprint density at radius 3 is 2.40 bits per heavy atom. The highest BCUT2D eigenvalue weighted by molar-refractivity contribution is 7.92. The molecule has 0 saturated carbocycles. The van der Waals surface area contributed by atoms with Crippen molar-refractivity contribution in [2.75, 3.05) is 30.2 Å². The number of hydrogen-bond acceptors (Lipinski definition) is 7. The minimum Gasteiger partial charge on any atom is -0.497 e. The zero-order valence-corrected chi connectivity index (χ0v) is 24.3. The van der Waals surface area contributed by atoms with Gasteiger partial charge in [-0.3, -0.25) is 9.62 Å². The van der Waals surface area contributed by atoms with Crippen molar-refractivity contribution in [1.29, 1.82) is 0 Å². The summed E-state index contributed by atoms with van der Waals surface area (Å²) in [6.45, 7) is 2.73. The molecule has 1 aliphatic heterocycles. The Morgan fingerprint density at radius 2 is 1.62 bits per heavy atom. The molecule has 0 spiro atoms. The first-order valence-corrected chi connectivity index (χ1v) is 15.5. The van der Waals surface area contributed by atoms with Crippen LogP contribution in [-0.4, -0.2) is 43.5 Å². The van der Waals surface area contributed by atoms with E-state index in [2.05, 4.69) is 27.1 Å². The van der Waals surface area contributed by atoms with Crippen LogP contribution in [0.5, 0.6) is 5.75 Å². The summed E-state index contributed by atoms with van der Waals surface area (Å²) >= 11 is 0. The second kappa shape index (κ2) is 12.2. The topological polar surface area (TPSA) is 96.4 Å². The number of benzene rings is 4. The molecule has 1 aliphatic rings. The van der Waals surface area contributed by atoms with Crippen LogP contribution in [0.15, 0.2) is 102 Å². The van der Waals surface area contributed by atoms with E-state index in [1.54, 1.807) is 19.2 Å². The average molecular weight is 580 g/mol. The Balaban J connectivity index is 1.27. The normalized spacial score (nSPS) is 13.5. The molecule has 0 unspecified atom stereocenters. The molecule has 2 N–H and O–H groups in total. The molecule has 0 radical (unpaired) electrons. The molecule has 42 heavy (non-hydrogen) atoms. The van der Waals surface area contributed by atoms with Crippen LogP contribution in [-0.2, 0) is 36.0 Å². The summed E-state index contributed by atoms with van der Waals surface area (Å²) in [4.78, 5) is 12.0. The van der Waals surface area contributed by atoms with E-state index in [4.69, 9.17) is 14.7 Å². The standard InChI is InChI=1S/C33H33N5O3S/c1-41-28-14-11-24(12-15-28)17-19-34-33-35-31-18-20-38(22-25-7-3-2-4-8-25)23-30(31)32(36-33)37-42(39,40)29-16-13-26-9-5-6-10-27(26)21-29/h2-16,21H,17-20,22-23H2,1H3,(H2,34,35,36,37). The molecule has 0 amide bonds. The van der Waals surface area contributed by atoms with Crippen molar-refractivity contribution < 1.29 is 13.2 Å². The van der Waals surface area contributed by atoms with E-state index in [1.165, 1.54) is 5.56 Å². The van der Waals surface area contributed by atoms with Gasteiger partial charge in [-0.2, -0.15) is 4.98 Å². The average Bonchev–Trinajstić information content (AvgIpc) is 3.02. The fraction of sp³-hybridized carbons (Fsp3) is 0.212. The van der Waals surface area contributed by atoms with Gasteiger partial charge in [0.15, 0.2) is 0 Å². The van der Waals surface area contributed by atoms with Crippen LogP contribution in [0.4, 0.5) is 11.8 Å². The highest BCUT2D eigenvalue weighted by atomic mass is 32.2. The lowest BCUT2D eigenvalue weighted by atomic mass is 10.1. The number of methoxy groups -OCH3 is 1. The maximum Gasteiger partial charge on any atom is 0.263 e. The van der Waals surface area contributed by atoms with Gasteiger partial charge in [0, 0.05) is 38.2 Å². The highest BCUT2D eigenvalue weighted by Gasteiger charge is 2.26. The smallest absolute Gasteiger partial charge is 0.263 e. The molecule has 6 rings (SSSR count). The second-order valence-electron chi connectivity index (χ2n) is 10.4. The first kappa shape index (κ1) is 27.7. The first-order chi connectivity index (χ1) is 20.5. The van der Waals surface area contributed by atoms with E-state index in [1.807, 2.05) is 72.8 Å². The minimum atomic E-state index is -3.90. The zero-order valence-electron chi connectivity index (χ0n) is 23.5. The van der Waals surface area contributed by atoms with Crippen LogP contribution in [0, 0.1) is 0 Å². The number of ether oxygens (including phenoxy) is 1. The molecule has 2 heterocycles. The van der Waals surface area contributed by atoms with Crippen molar-refractivity contribution in [3.63, 3.8) is 0 Å². The van der Waals surface area contributed by atoms with Crippen molar-refractivity contribution in [3.8, 4) is 5.75 Å². The second-order valence-corrected chi connectivity index (χ2v) is 12.1. The molecule has 0 saturated heterocycles. The molecule has 4 aromatic carbocycles. The SMILES string of the molecule is COc1ccc(CCNc2nc3c(c(NS(=O)(=O)c4ccc5ccccc5c4)n2)CN(Cc2ccccc2)CC3)cc1. The number of nitrogens with zero attached hydrogens (tertiary/aromatic N) is 3. The Labute approximate surface area is 246 Å². The van der Waals surface area contributed by atoms with Gasteiger partial charge < -0.3 is 10.1 Å². The fourth-order valence-corrected chi connectivity index (χ4v) is 6.31. The van der Waals surface area contributed by atoms with E-state index in [0.717, 1.165) is 52.9 Å². The van der Waals surface area contributed by atoms with E-state index in [9.17, 15) is 8.42 Å². The van der Waals surface area contributed by atoms with Crippen molar-refractivity contribution in [2.45, 2.75) is 30.8 Å². The number of fused-ring (bicyclic) bond motifs is 2. The minimum absolute atomic E-state index is 0.194. The third-order valence-corrected chi connectivity index (χ3v) is 8.84. The Morgan fingerprint density at radius 1 is 0.857 bits per heavy atom. The maximum absolute atomic E-state index is 13.7. The van der Waals surface area contributed by atoms with E-state index in [-0.39, 0.29) is 4.90 Å². The fourth-order valence-electron chi connectivity index (χ4n) is 5.24. The lowest BCUT2D eigenvalue weighted by Crippen LogP contribution is -2.32. The molecule has 0 bridgehead atoms. The Bertz CT molecular complexity index is 1790. The summed E-state index contributed by atoms with van der Waals surface area (Å²) in [6.07, 6.45) is 1.45. The predicted molar refractivity (Wildman–Crippen MR) is 166 cm³/mol. The van der Waals surface area contributed by atoms with Crippen molar-refractivity contribution in [1.82, 2.24) is 14.9 Å². The van der Waals surface area contributed by atoms with Gasteiger partial charge in [-0.25, -0.2) is 13.4 Å². The monoisotopic (exact) mass is 579 g/mol. The van der Waals surface area contributed by atoms with Crippen LogP contribution in [0.1, 0.15) is 22.4 Å². The van der Waals surface area contributed by atoms with Gasteiger partial charge in [0.05, 0.1) is 17.7 Å². The number of nitrogens with one attached hydrogen (secondary N) is 2. The van der Waals surface area contributed by atoms with Crippen LogP contribution in [0.3, 0.4) is 0 Å². The molecule has 0 aliphatic carbocycles. The van der Waals surface area contributed by atoms with Gasteiger partial charge in [0.1, 0.15) is 11.6 Å². The third kappa shape index (κ3) is 6.37. The van der Waals surface area contributed by atoms with Gasteiger partial charge in [-0.05, 0) is 52.6 Å². The number of hydrogen-bond donors (Lipinski definition) is 2. The van der Waals surface area contributed by atoms with Crippen molar-refractivity contribution >= 4 is 32.6 Å². The van der Waals surface area contributed by atoms with E-state index >= 15 is 0 Å². The third-order valence-electron chi connectivity index (χ3n) is 7.51. The summed E-state index contributed by atoms with van der Waals surface area (Å²) in [5.41, 5.74) is 4.02. The molecule has 0 atom stereocenters. The van der Waals surface area contributed by atoms with Gasteiger partial charge in [0.25, 0.3) is 10.0 Å². The molecule has 0 fully saturated rings. The number of rotatable bonds is 10. The quantitative estimate of drug-likeness (QED) is 0.221. The summed E-state index contributed by atoms with van der Waals surface area (Å²) in [5.74, 6) is 1.54. The number of sulfonamides is 1. The lowest BCUT2D eigenvalue weighted by molar-refractivity contribution is 0.243. The van der Waals surface area contributed by atoms with Gasteiger partial charge in [-0.15, -0.1) is 0 Å². The van der Waals surface area contributed by atoms with Gasteiger partial charge in [-0.1, -0.05) is 72.8 Å². The summed E-state index contributed by atoms with van der Waals surface area (Å²) in [6, 6.07) is 31.1. The van der Waals surface area contributed by atoms with Crippen LogP contribution in [0.25, 0.3) is 10.8 Å². The Hall–Kier alpha value is -4.47. The van der Waals surface area contributed by atoms with Crippen LogP contribution < -0.4 is 14.8 Å². The maximum atomic E-state index is 13.7. The van der Waals surface area contributed by atoms with Crippen LogP contribution >= 0.6 is 0 Å². The van der Waals surface area contributed by atoms with E-state index in [0.29, 0.717) is 31.3 Å². The molecule has 1 aromatic heterocycles.